The van der Waals surface area contributed by atoms with E-state index in [0.717, 1.165) is 0 Å². The lowest BCUT2D eigenvalue weighted by molar-refractivity contribution is -0.105. The van der Waals surface area contributed by atoms with Crippen LogP contribution in [-0.4, -0.2) is 30.8 Å². The summed E-state index contributed by atoms with van der Waals surface area (Å²) in [5, 5.41) is 0.231. The fraction of sp³-hybridized carbons (Fsp3) is 0.333. The highest BCUT2D eigenvalue weighted by atomic mass is 35.5. The third-order valence-corrected chi connectivity index (χ3v) is 3.66. The van der Waals surface area contributed by atoms with E-state index >= 15 is 0 Å². The Morgan fingerprint density at radius 2 is 1.81 bits per heavy atom. The second kappa shape index (κ2) is 9.13. The number of hydrogen-bond acceptors (Lipinski definition) is 7. The van der Waals surface area contributed by atoms with Crippen LogP contribution in [0.15, 0.2) is 18.3 Å². The Bertz CT molecular complexity index is 764. The van der Waals surface area contributed by atoms with Gasteiger partial charge in [-0.1, -0.05) is 11.6 Å². The molecule has 7 nitrogen and oxygen atoms in total. The summed E-state index contributed by atoms with van der Waals surface area (Å²) in [6.07, 6.45) is 0.655. The van der Waals surface area contributed by atoms with Crippen molar-refractivity contribution in [3.8, 4) is 5.75 Å². The minimum atomic E-state index is -3.01. The van der Waals surface area contributed by atoms with Crippen LogP contribution < -0.4 is 15.6 Å². The number of alkyl halides is 2. The molecule has 0 radical (unpaired) electrons. The number of halogens is 4. The fourth-order valence-corrected chi connectivity index (χ4v) is 2.57. The van der Waals surface area contributed by atoms with E-state index in [1.54, 1.807) is 13.0 Å². The number of nitrogens with one attached hydrogen (secondary N) is 2. The molecule has 2 N–H and O–H groups in total. The number of hydrazine groups is 1. The normalized spacial score (nSPS) is 11.1. The minimum absolute atomic E-state index is 0.0270. The van der Waals surface area contributed by atoms with Gasteiger partial charge >= 0.3 is 6.61 Å². The first-order valence-electron chi connectivity index (χ1n) is 7.20. The van der Waals surface area contributed by atoms with Gasteiger partial charge in [0.15, 0.2) is 17.9 Å². The number of rotatable bonds is 8. The van der Waals surface area contributed by atoms with Crippen molar-refractivity contribution in [2.75, 3.05) is 25.1 Å². The second-order valence-electron chi connectivity index (χ2n) is 4.97. The molecule has 26 heavy (non-hydrogen) atoms. The van der Waals surface area contributed by atoms with Gasteiger partial charge in [-0.25, -0.2) is 4.98 Å². The SMILES string of the molecule is COC(OC)c1cnc(Cl)nc1NNc1c(C)cc(Cl)cc1OC(F)F. The molecule has 1 aromatic carbocycles. The first-order valence-corrected chi connectivity index (χ1v) is 7.96. The van der Waals surface area contributed by atoms with E-state index in [2.05, 4.69) is 25.6 Å². The zero-order chi connectivity index (χ0) is 19.3. The molecule has 1 heterocycles. The van der Waals surface area contributed by atoms with Gasteiger partial charge in [0.2, 0.25) is 5.28 Å². The van der Waals surface area contributed by atoms with Crippen molar-refractivity contribution in [3.05, 3.63) is 39.8 Å². The summed E-state index contributed by atoms with van der Waals surface area (Å²) < 4.78 is 40.2. The lowest BCUT2D eigenvalue weighted by Crippen LogP contribution is -2.17. The molecule has 1 aromatic heterocycles. The number of anilines is 2. The van der Waals surface area contributed by atoms with Gasteiger partial charge in [0.05, 0.1) is 11.3 Å². The molecule has 0 unspecified atom stereocenters. The summed E-state index contributed by atoms with van der Waals surface area (Å²) in [7, 11) is 2.88. The summed E-state index contributed by atoms with van der Waals surface area (Å²) in [4.78, 5) is 7.93. The summed E-state index contributed by atoms with van der Waals surface area (Å²) >= 11 is 11.7. The maximum Gasteiger partial charge on any atom is 0.387 e. The Balaban J connectivity index is 2.33. The molecule has 0 aliphatic heterocycles. The molecule has 0 aliphatic carbocycles. The average Bonchev–Trinajstić information content (AvgIpc) is 2.56. The molecule has 2 aromatic rings. The molecule has 2 rings (SSSR count). The van der Waals surface area contributed by atoms with Gasteiger partial charge < -0.3 is 14.2 Å². The summed E-state index contributed by atoms with van der Waals surface area (Å²) in [6, 6.07) is 2.86. The standard InChI is InChI=1S/C15H16Cl2F2N4O3/c1-7-4-8(16)5-10(26-15(18)19)11(7)22-23-12-9(13(24-2)25-3)6-20-14(17)21-12/h4-6,13,15,22H,1-3H3,(H,20,21,23). The number of nitrogens with zero attached hydrogens (tertiary/aromatic N) is 2. The number of aromatic nitrogens is 2. The Morgan fingerprint density at radius 3 is 2.42 bits per heavy atom. The van der Waals surface area contributed by atoms with Crippen LogP contribution >= 0.6 is 23.2 Å². The van der Waals surface area contributed by atoms with Crippen molar-refractivity contribution in [2.45, 2.75) is 19.8 Å². The monoisotopic (exact) mass is 408 g/mol. The summed E-state index contributed by atoms with van der Waals surface area (Å²) in [6.45, 7) is -1.33. The topological polar surface area (TPSA) is 77.5 Å². The molecule has 0 aliphatic rings. The smallest absolute Gasteiger partial charge is 0.387 e. The van der Waals surface area contributed by atoms with Crippen LogP contribution in [0.2, 0.25) is 10.3 Å². The van der Waals surface area contributed by atoms with Gasteiger partial charge in [0.1, 0.15) is 0 Å². The number of benzene rings is 1. The minimum Gasteiger partial charge on any atom is -0.432 e. The van der Waals surface area contributed by atoms with Gasteiger partial charge in [-0.3, -0.25) is 10.9 Å². The molecule has 11 heteroatoms. The van der Waals surface area contributed by atoms with E-state index < -0.39 is 12.9 Å². The lowest BCUT2D eigenvalue weighted by atomic mass is 10.2. The van der Waals surface area contributed by atoms with E-state index in [1.807, 2.05) is 0 Å². The Labute approximate surface area is 158 Å². The number of hydrogen-bond donors (Lipinski definition) is 2. The van der Waals surface area contributed by atoms with Crippen molar-refractivity contribution in [3.63, 3.8) is 0 Å². The Kier molecular flexibility index (Phi) is 7.15. The molecule has 0 saturated carbocycles. The van der Waals surface area contributed by atoms with Crippen molar-refractivity contribution in [2.24, 2.45) is 0 Å². The number of ether oxygens (including phenoxy) is 3. The van der Waals surface area contributed by atoms with Crippen LogP contribution in [0.3, 0.4) is 0 Å². The molecule has 0 fully saturated rings. The molecule has 0 saturated heterocycles. The highest BCUT2D eigenvalue weighted by Crippen LogP contribution is 2.34. The predicted molar refractivity (Wildman–Crippen MR) is 93.9 cm³/mol. The van der Waals surface area contributed by atoms with Gasteiger partial charge in [0, 0.05) is 31.5 Å². The van der Waals surface area contributed by atoms with Crippen LogP contribution in [0.1, 0.15) is 17.4 Å². The van der Waals surface area contributed by atoms with Crippen LogP contribution in [-0.2, 0) is 9.47 Å². The van der Waals surface area contributed by atoms with Crippen LogP contribution in [0, 0.1) is 6.92 Å². The highest BCUT2D eigenvalue weighted by Gasteiger charge is 2.18. The first kappa shape index (κ1) is 20.4. The maximum atomic E-state index is 12.7. The molecule has 0 atom stereocenters. The lowest BCUT2D eigenvalue weighted by Gasteiger charge is -2.20. The first-order chi connectivity index (χ1) is 12.3. The number of methoxy groups -OCH3 is 2. The van der Waals surface area contributed by atoms with Crippen LogP contribution in [0.25, 0.3) is 0 Å². The molecule has 0 spiro atoms. The Hall–Kier alpha value is -1.94. The van der Waals surface area contributed by atoms with Gasteiger partial charge in [-0.2, -0.15) is 13.8 Å². The van der Waals surface area contributed by atoms with E-state index in [9.17, 15) is 8.78 Å². The van der Waals surface area contributed by atoms with E-state index in [1.165, 1.54) is 26.5 Å². The van der Waals surface area contributed by atoms with Crippen molar-refractivity contribution in [1.82, 2.24) is 9.97 Å². The summed E-state index contributed by atoms with van der Waals surface area (Å²) in [5.41, 5.74) is 6.81. The van der Waals surface area contributed by atoms with Gasteiger partial charge in [-0.15, -0.1) is 0 Å². The second-order valence-corrected chi connectivity index (χ2v) is 5.75. The van der Waals surface area contributed by atoms with Crippen molar-refractivity contribution in [1.29, 1.82) is 0 Å². The Morgan fingerprint density at radius 1 is 1.12 bits per heavy atom. The molecular weight excluding hydrogens is 393 g/mol. The zero-order valence-electron chi connectivity index (χ0n) is 14.0. The third kappa shape index (κ3) is 5.04. The summed E-state index contributed by atoms with van der Waals surface area (Å²) in [5.74, 6) is 0.102. The van der Waals surface area contributed by atoms with Gasteiger partial charge in [0.25, 0.3) is 0 Å². The van der Waals surface area contributed by atoms with E-state index in [4.69, 9.17) is 32.7 Å². The van der Waals surface area contributed by atoms with Gasteiger partial charge in [-0.05, 0) is 30.2 Å². The van der Waals surface area contributed by atoms with Crippen LogP contribution in [0.5, 0.6) is 5.75 Å². The highest BCUT2D eigenvalue weighted by molar-refractivity contribution is 6.31. The van der Waals surface area contributed by atoms with Crippen molar-refractivity contribution >= 4 is 34.7 Å². The predicted octanol–water partition coefficient (Wildman–Crippen LogP) is 4.42. The van der Waals surface area contributed by atoms with E-state index in [-0.39, 0.29) is 27.6 Å². The van der Waals surface area contributed by atoms with Crippen LogP contribution in [0.4, 0.5) is 20.3 Å². The van der Waals surface area contributed by atoms with E-state index in [0.29, 0.717) is 11.1 Å². The fourth-order valence-electron chi connectivity index (χ4n) is 2.18. The quantitative estimate of drug-likeness (QED) is 0.380. The average molecular weight is 409 g/mol. The molecule has 142 valence electrons. The number of aryl methyl sites for hydroxylation is 1. The third-order valence-electron chi connectivity index (χ3n) is 3.26. The van der Waals surface area contributed by atoms with Crippen molar-refractivity contribution < 1.29 is 23.0 Å². The molecule has 0 amide bonds. The zero-order valence-corrected chi connectivity index (χ0v) is 15.5. The largest absolute Gasteiger partial charge is 0.432 e. The molecular formula is C15H16Cl2F2N4O3. The molecule has 0 bridgehead atoms. The maximum absolute atomic E-state index is 12.7.